The molecular formula is C38H35N5O6. The van der Waals surface area contributed by atoms with Gasteiger partial charge in [-0.15, -0.1) is 5.10 Å². The maximum Gasteiger partial charge on any atom is 0.351 e. The fourth-order valence-corrected chi connectivity index (χ4v) is 5.61. The molecule has 1 atom stereocenters. The quantitative estimate of drug-likeness (QED) is 0.149. The molecule has 248 valence electrons. The van der Waals surface area contributed by atoms with Gasteiger partial charge in [0.15, 0.2) is 0 Å². The van der Waals surface area contributed by atoms with Crippen LogP contribution in [0, 0.1) is 0 Å². The number of benzene rings is 4. The van der Waals surface area contributed by atoms with Gasteiger partial charge in [0.05, 0.1) is 6.20 Å². The van der Waals surface area contributed by atoms with E-state index in [9.17, 15) is 19.2 Å². The predicted molar refractivity (Wildman–Crippen MR) is 183 cm³/mol. The van der Waals surface area contributed by atoms with Crippen LogP contribution in [0.3, 0.4) is 0 Å². The third-order valence-electron chi connectivity index (χ3n) is 7.79. The van der Waals surface area contributed by atoms with Gasteiger partial charge in [-0.25, -0.2) is 14.3 Å². The van der Waals surface area contributed by atoms with Gasteiger partial charge in [0, 0.05) is 17.5 Å². The predicted octanol–water partition coefficient (Wildman–Crippen LogP) is 5.58. The molecule has 0 aliphatic carbocycles. The molecule has 2 heterocycles. The van der Waals surface area contributed by atoms with E-state index in [-0.39, 0.29) is 42.8 Å². The normalized spacial score (nSPS) is 12.1. The van der Waals surface area contributed by atoms with Crippen molar-refractivity contribution in [1.82, 2.24) is 25.2 Å². The van der Waals surface area contributed by atoms with Gasteiger partial charge in [-0.05, 0) is 54.8 Å². The number of nitrogens with one attached hydrogen (secondary N) is 1. The average molecular weight is 658 g/mol. The first-order valence-electron chi connectivity index (χ1n) is 15.8. The lowest BCUT2D eigenvalue weighted by Crippen LogP contribution is -2.49. The van der Waals surface area contributed by atoms with Gasteiger partial charge in [-0.3, -0.25) is 9.59 Å². The van der Waals surface area contributed by atoms with Crippen molar-refractivity contribution < 1.29 is 23.5 Å². The molecule has 2 amide bonds. The molecule has 6 rings (SSSR count). The Balaban J connectivity index is 1.26. The topological polar surface area (TPSA) is 137 Å². The first-order valence-corrected chi connectivity index (χ1v) is 15.8. The molecule has 0 saturated carbocycles. The lowest BCUT2D eigenvalue weighted by atomic mass is 9.95. The zero-order valence-corrected chi connectivity index (χ0v) is 27.3. The number of hydrogen-bond acceptors (Lipinski definition) is 8. The summed E-state index contributed by atoms with van der Waals surface area (Å²) in [4.78, 5) is 55.1. The van der Waals surface area contributed by atoms with Crippen LogP contribution in [0.2, 0.25) is 0 Å². The van der Waals surface area contributed by atoms with E-state index >= 15 is 0 Å². The summed E-state index contributed by atoms with van der Waals surface area (Å²) in [6.07, 6.45) is 1.48. The highest BCUT2D eigenvalue weighted by molar-refractivity contribution is 5.95. The van der Waals surface area contributed by atoms with Crippen LogP contribution < -0.4 is 10.9 Å². The van der Waals surface area contributed by atoms with Gasteiger partial charge in [0.2, 0.25) is 11.8 Å². The van der Waals surface area contributed by atoms with Crippen molar-refractivity contribution in [3.63, 3.8) is 0 Å². The Morgan fingerprint density at radius 2 is 1.59 bits per heavy atom. The number of aromatic nitrogens is 3. The van der Waals surface area contributed by atoms with Crippen LogP contribution in [0.15, 0.2) is 119 Å². The third kappa shape index (κ3) is 7.73. The number of para-hydroxylation sites is 1. The Hall–Kier alpha value is -6.10. The molecule has 49 heavy (non-hydrogen) atoms. The molecule has 1 unspecified atom stereocenters. The Labute approximate surface area is 282 Å². The summed E-state index contributed by atoms with van der Waals surface area (Å²) in [5, 5.41) is 13.6. The monoisotopic (exact) mass is 657 g/mol. The van der Waals surface area contributed by atoms with Crippen molar-refractivity contribution >= 4 is 39.5 Å². The second-order valence-electron chi connectivity index (χ2n) is 12.7. The summed E-state index contributed by atoms with van der Waals surface area (Å²) in [5.74, 6) is -1.58. The smallest absolute Gasteiger partial charge is 0.351 e. The second-order valence-corrected chi connectivity index (χ2v) is 12.7. The standard InChI is InChI=1S/C38H35N5O6/c1-38(2,3)39-35(45)34(30-18-11-16-26-14-7-9-17-29(26)30)43(21-25-12-5-4-6-13-25)33(44)23-42-22-28(40-41-42)24-48-36(46)31-20-27-15-8-10-19-32(27)49-37(31)47/h4-20,22,34H,21,23-24H2,1-3H3,(H,39,45). The summed E-state index contributed by atoms with van der Waals surface area (Å²) >= 11 is 0. The fraction of sp³-hybridized carbons (Fsp3) is 0.211. The highest BCUT2D eigenvalue weighted by Gasteiger charge is 2.34. The van der Waals surface area contributed by atoms with Crippen LogP contribution in [0.4, 0.5) is 0 Å². The van der Waals surface area contributed by atoms with Crippen molar-refractivity contribution in [1.29, 1.82) is 0 Å². The van der Waals surface area contributed by atoms with Gasteiger partial charge in [-0.1, -0.05) is 96.2 Å². The van der Waals surface area contributed by atoms with E-state index in [4.69, 9.17) is 9.15 Å². The Morgan fingerprint density at radius 3 is 2.37 bits per heavy atom. The molecule has 0 spiro atoms. The van der Waals surface area contributed by atoms with E-state index < -0.39 is 23.2 Å². The van der Waals surface area contributed by atoms with Crippen molar-refractivity contribution in [2.75, 3.05) is 0 Å². The summed E-state index contributed by atoms with van der Waals surface area (Å²) in [6, 6.07) is 30.2. The Bertz CT molecular complexity index is 2200. The van der Waals surface area contributed by atoms with Crippen molar-refractivity contribution in [3.05, 3.63) is 142 Å². The van der Waals surface area contributed by atoms with Gasteiger partial charge in [-0.2, -0.15) is 0 Å². The van der Waals surface area contributed by atoms with Gasteiger partial charge in [0.25, 0.3) is 0 Å². The number of rotatable bonds is 10. The van der Waals surface area contributed by atoms with Crippen LogP contribution in [0.1, 0.15) is 54.0 Å². The molecule has 11 heteroatoms. The van der Waals surface area contributed by atoms with Crippen LogP contribution in [-0.2, 0) is 34.0 Å². The second kappa shape index (κ2) is 13.9. The Morgan fingerprint density at radius 1 is 0.898 bits per heavy atom. The Kier molecular flexibility index (Phi) is 9.34. The highest BCUT2D eigenvalue weighted by atomic mass is 16.5. The van der Waals surface area contributed by atoms with Crippen LogP contribution in [0.25, 0.3) is 21.7 Å². The zero-order valence-electron chi connectivity index (χ0n) is 27.3. The summed E-state index contributed by atoms with van der Waals surface area (Å²) in [7, 11) is 0. The molecule has 1 N–H and O–H groups in total. The number of amides is 2. The molecule has 2 aromatic heterocycles. The van der Waals surface area contributed by atoms with Crippen LogP contribution in [0.5, 0.6) is 0 Å². The van der Waals surface area contributed by atoms with Crippen molar-refractivity contribution in [2.45, 2.75) is 52.0 Å². The fourth-order valence-electron chi connectivity index (χ4n) is 5.61. The van der Waals surface area contributed by atoms with Crippen molar-refractivity contribution in [3.8, 4) is 0 Å². The third-order valence-corrected chi connectivity index (χ3v) is 7.79. The molecule has 0 aliphatic rings. The highest BCUT2D eigenvalue weighted by Crippen LogP contribution is 2.31. The summed E-state index contributed by atoms with van der Waals surface area (Å²) in [5.41, 5.74) is 0.530. The molecule has 0 aliphatic heterocycles. The van der Waals surface area contributed by atoms with E-state index in [1.807, 2.05) is 93.6 Å². The number of nitrogens with zero attached hydrogens (tertiary/aromatic N) is 4. The molecule has 0 fully saturated rings. The van der Waals surface area contributed by atoms with Crippen molar-refractivity contribution in [2.24, 2.45) is 0 Å². The van der Waals surface area contributed by atoms with Gasteiger partial charge >= 0.3 is 11.6 Å². The molecule has 11 nitrogen and oxygen atoms in total. The number of esters is 1. The lowest BCUT2D eigenvalue weighted by molar-refractivity contribution is -0.142. The SMILES string of the molecule is CC(C)(C)NC(=O)C(c1cccc2ccccc12)N(Cc1ccccc1)C(=O)Cn1cc(COC(=O)c2cc3ccccc3oc2=O)nn1. The molecule has 0 saturated heterocycles. The number of hydrogen-bond donors (Lipinski definition) is 1. The first-order chi connectivity index (χ1) is 23.6. The maximum absolute atomic E-state index is 14.3. The number of ether oxygens (including phenoxy) is 1. The minimum Gasteiger partial charge on any atom is -0.455 e. The summed E-state index contributed by atoms with van der Waals surface area (Å²) < 4.78 is 11.9. The molecular weight excluding hydrogens is 622 g/mol. The van der Waals surface area contributed by atoms with Crippen LogP contribution >= 0.6 is 0 Å². The lowest BCUT2D eigenvalue weighted by Gasteiger charge is -2.34. The minimum atomic E-state index is -0.976. The van der Waals surface area contributed by atoms with E-state index in [2.05, 4.69) is 15.6 Å². The average Bonchev–Trinajstić information content (AvgIpc) is 3.53. The maximum atomic E-state index is 14.3. The van der Waals surface area contributed by atoms with E-state index in [1.54, 1.807) is 29.2 Å². The number of carbonyl (C=O) groups is 3. The zero-order chi connectivity index (χ0) is 34.5. The first kappa shape index (κ1) is 32.8. The largest absolute Gasteiger partial charge is 0.455 e. The molecule has 6 aromatic rings. The number of fused-ring (bicyclic) bond motifs is 2. The minimum absolute atomic E-state index is 0.151. The molecule has 0 bridgehead atoms. The van der Waals surface area contributed by atoms with Crippen LogP contribution in [-0.4, -0.2) is 43.2 Å². The van der Waals surface area contributed by atoms with E-state index in [0.29, 0.717) is 16.5 Å². The van der Waals surface area contributed by atoms with Gasteiger partial charge in [0.1, 0.15) is 36.0 Å². The number of carbonyl (C=O) groups excluding carboxylic acids is 3. The molecule has 0 radical (unpaired) electrons. The summed E-state index contributed by atoms with van der Waals surface area (Å²) in [6.45, 7) is 5.30. The molecule has 4 aromatic carbocycles. The van der Waals surface area contributed by atoms with Gasteiger partial charge < -0.3 is 19.4 Å². The van der Waals surface area contributed by atoms with E-state index in [1.165, 1.54) is 16.9 Å². The van der Waals surface area contributed by atoms with E-state index in [0.717, 1.165) is 16.3 Å².